The number of anilines is 1. The van der Waals surface area contributed by atoms with Crippen molar-refractivity contribution in [3.8, 4) is 0 Å². The highest BCUT2D eigenvalue weighted by Gasteiger charge is 2.27. The second kappa shape index (κ2) is 5.87. The van der Waals surface area contributed by atoms with Gasteiger partial charge in [-0.2, -0.15) is 11.8 Å². The minimum absolute atomic E-state index is 0.0184. The summed E-state index contributed by atoms with van der Waals surface area (Å²) in [5.74, 6) is 0.131. The molecule has 0 aliphatic carbocycles. The van der Waals surface area contributed by atoms with Crippen molar-refractivity contribution in [2.75, 3.05) is 24.7 Å². The summed E-state index contributed by atoms with van der Waals surface area (Å²) in [5, 5.41) is 6.44. The van der Waals surface area contributed by atoms with Crippen LogP contribution in [0.2, 0.25) is 0 Å². The Morgan fingerprint density at radius 3 is 2.95 bits per heavy atom. The normalized spacial score (nSPS) is 18.4. The van der Waals surface area contributed by atoms with E-state index in [0.29, 0.717) is 6.54 Å². The molecule has 4 heteroatoms. The molecule has 1 aromatic rings. The van der Waals surface area contributed by atoms with Gasteiger partial charge in [-0.1, -0.05) is 18.2 Å². The van der Waals surface area contributed by atoms with Gasteiger partial charge in [0.25, 0.3) is 0 Å². The first-order chi connectivity index (χ1) is 9.03. The fraction of sp³-hybridized carbons (Fsp3) is 0.533. The molecule has 0 bridgehead atoms. The van der Waals surface area contributed by atoms with Crippen LogP contribution in [0.25, 0.3) is 0 Å². The lowest BCUT2D eigenvalue weighted by molar-refractivity contribution is -0.122. The maximum atomic E-state index is 12.4. The maximum Gasteiger partial charge on any atom is 0.227 e. The molecular weight excluding hydrogens is 256 g/mol. The van der Waals surface area contributed by atoms with Crippen molar-refractivity contribution in [2.24, 2.45) is 0 Å². The third-order valence-corrected chi connectivity index (χ3v) is 4.89. The largest absolute Gasteiger partial charge is 0.385 e. The maximum absolute atomic E-state index is 12.4. The third-order valence-electron chi connectivity index (χ3n) is 3.64. The van der Waals surface area contributed by atoms with Crippen molar-refractivity contribution in [2.45, 2.75) is 30.9 Å². The van der Waals surface area contributed by atoms with Crippen LogP contribution < -0.4 is 10.6 Å². The highest BCUT2D eigenvalue weighted by atomic mass is 32.2. The average molecular weight is 278 g/mol. The van der Waals surface area contributed by atoms with Crippen molar-refractivity contribution in [1.29, 1.82) is 0 Å². The number of hydrogen-bond acceptors (Lipinski definition) is 3. The van der Waals surface area contributed by atoms with Gasteiger partial charge in [0.1, 0.15) is 0 Å². The Kier molecular flexibility index (Phi) is 4.40. The average Bonchev–Trinajstić information content (AvgIpc) is 2.44. The molecule has 104 valence electrons. The van der Waals surface area contributed by atoms with Gasteiger partial charge in [-0.05, 0) is 38.2 Å². The fourth-order valence-corrected chi connectivity index (χ4v) is 2.45. The molecule has 2 rings (SSSR count). The van der Waals surface area contributed by atoms with Crippen molar-refractivity contribution in [3.05, 3.63) is 29.8 Å². The van der Waals surface area contributed by atoms with E-state index in [9.17, 15) is 4.79 Å². The molecule has 0 spiro atoms. The second-order valence-corrected chi connectivity index (χ2v) is 7.05. The number of hydrogen-bond donors (Lipinski definition) is 2. The summed E-state index contributed by atoms with van der Waals surface area (Å²) >= 11 is 1.77. The van der Waals surface area contributed by atoms with Gasteiger partial charge in [0.2, 0.25) is 5.91 Å². The number of amides is 1. The van der Waals surface area contributed by atoms with E-state index < -0.39 is 0 Å². The Bertz CT molecular complexity index is 459. The zero-order valence-electron chi connectivity index (χ0n) is 11.8. The fourth-order valence-electron chi connectivity index (χ4n) is 2.24. The van der Waals surface area contributed by atoms with Crippen LogP contribution >= 0.6 is 11.8 Å². The first-order valence-corrected chi connectivity index (χ1v) is 7.91. The van der Waals surface area contributed by atoms with Gasteiger partial charge in [0, 0.05) is 23.5 Å². The summed E-state index contributed by atoms with van der Waals surface area (Å²) in [7, 11) is 0. The first kappa shape index (κ1) is 14.3. The minimum Gasteiger partial charge on any atom is -0.385 e. The van der Waals surface area contributed by atoms with Crippen LogP contribution in [-0.4, -0.2) is 30.0 Å². The standard InChI is InChI=1S/C15H22N2OS/c1-15(2,19-3)10-17-14(18)12-8-9-16-13-7-5-4-6-11(12)13/h4-7,12,16H,8-10H2,1-3H3,(H,17,18). The number of fused-ring (bicyclic) bond motifs is 1. The lowest BCUT2D eigenvalue weighted by Crippen LogP contribution is -2.40. The van der Waals surface area contributed by atoms with Crippen LogP contribution in [0.4, 0.5) is 5.69 Å². The molecule has 2 N–H and O–H groups in total. The zero-order valence-corrected chi connectivity index (χ0v) is 12.6. The smallest absolute Gasteiger partial charge is 0.227 e. The Balaban J connectivity index is 2.05. The van der Waals surface area contributed by atoms with E-state index in [-0.39, 0.29) is 16.6 Å². The van der Waals surface area contributed by atoms with Crippen molar-refractivity contribution >= 4 is 23.4 Å². The number of carbonyl (C=O) groups is 1. The van der Waals surface area contributed by atoms with Crippen LogP contribution in [-0.2, 0) is 4.79 Å². The zero-order chi connectivity index (χ0) is 13.9. The molecule has 0 aromatic heterocycles. The van der Waals surface area contributed by atoms with Gasteiger partial charge in [-0.15, -0.1) is 0 Å². The number of benzene rings is 1. The number of thioether (sulfide) groups is 1. The predicted octanol–water partition coefficient (Wildman–Crippen LogP) is 2.84. The summed E-state index contributed by atoms with van der Waals surface area (Å²) in [6, 6.07) is 8.09. The van der Waals surface area contributed by atoms with Crippen LogP contribution in [0, 0.1) is 0 Å². The van der Waals surface area contributed by atoms with Gasteiger partial charge in [-0.3, -0.25) is 4.79 Å². The van der Waals surface area contributed by atoms with E-state index in [1.54, 1.807) is 11.8 Å². The number of rotatable bonds is 4. The molecule has 19 heavy (non-hydrogen) atoms. The molecule has 0 radical (unpaired) electrons. The molecule has 3 nitrogen and oxygen atoms in total. The van der Waals surface area contributed by atoms with E-state index in [0.717, 1.165) is 24.2 Å². The molecule has 0 saturated heterocycles. The lowest BCUT2D eigenvalue weighted by atomic mass is 9.90. The molecule has 0 saturated carbocycles. The summed E-state index contributed by atoms with van der Waals surface area (Å²) in [4.78, 5) is 12.4. The van der Waals surface area contributed by atoms with Gasteiger partial charge < -0.3 is 10.6 Å². The van der Waals surface area contributed by atoms with E-state index >= 15 is 0 Å². The van der Waals surface area contributed by atoms with Crippen LogP contribution in [0.15, 0.2) is 24.3 Å². The Labute approximate surface area is 119 Å². The van der Waals surface area contributed by atoms with E-state index in [1.165, 1.54) is 0 Å². The Morgan fingerprint density at radius 1 is 1.47 bits per heavy atom. The molecule has 1 aliphatic heterocycles. The third kappa shape index (κ3) is 3.44. The Hall–Kier alpha value is -1.16. The topological polar surface area (TPSA) is 41.1 Å². The molecule has 1 aliphatic rings. The van der Waals surface area contributed by atoms with E-state index in [4.69, 9.17) is 0 Å². The van der Waals surface area contributed by atoms with E-state index in [2.05, 4.69) is 30.7 Å². The van der Waals surface area contributed by atoms with Crippen LogP contribution in [0.5, 0.6) is 0 Å². The second-order valence-electron chi connectivity index (χ2n) is 5.54. The van der Waals surface area contributed by atoms with Gasteiger partial charge >= 0.3 is 0 Å². The lowest BCUT2D eigenvalue weighted by Gasteiger charge is -2.28. The summed E-state index contributed by atoms with van der Waals surface area (Å²) in [6.45, 7) is 5.86. The molecule has 1 atom stereocenters. The SMILES string of the molecule is CSC(C)(C)CNC(=O)C1CCNc2ccccc21. The minimum atomic E-state index is -0.0184. The van der Waals surface area contributed by atoms with Crippen molar-refractivity contribution < 1.29 is 4.79 Å². The van der Waals surface area contributed by atoms with Gasteiger partial charge in [-0.25, -0.2) is 0 Å². The number of nitrogens with one attached hydrogen (secondary N) is 2. The van der Waals surface area contributed by atoms with Crippen LogP contribution in [0.1, 0.15) is 31.7 Å². The summed E-state index contributed by atoms with van der Waals surface area (Å²) in [5.41, 5.74) is 2.21. The molecular formula is C15H22N2OS. The highest BCUT2D eigenvalue weighted by Crippen LogP contribution is 2.31. The van der Waals surface area contributed by atoms with Gasteiger partial charge in [0.15, 0.2) is 0 Å². The summed E-state index contributed by atoms with van der Waals surface area (Å²) in [6.07, 6.45) is 2.94. The number of para-hydroxylation sites is 1. The van der Waals surface area contributed by atoms with Crippen LogP contribution in [0.3, 0.4) is 0 Å². The quantitative estimate of drug-likeness (QED) is 0.890. The molecule has 1 unspecified atom stereocenters. The first-order valence-electron chi connectivity index (χ1n) is 6.69. The monoisotopic (exact) mass is 278 g/mol. The molecule has 1 amide bonds. The molecule has 1 aromatic carbocycles. The van der Waals surface area contributed by atoms with Gasteiger partial charge in [0.05, 0.1) is 5.92 Å². The van der Waals surface area contributed by atoms with Crippen molar-refractivity contribution in [1.82, 2.24) is 5.32 Å². The van der Waals surface area contributed by atoms with Crippen molar-refractivity contribution in [3.63, 3.8) is 0 Å². The highest BCUT2D eigenvalue weighted by molar-refractivity contribution is 7.99. The summed E-state index contributed by atoms with van der Waals surface area (Å²) < 4.78 is 0.0854. The van der Waals surface area contributed by atoms with E-state index in [1.807, 2.05) is 24.3 Å². The Morgan fingerprint density at radius 2 is 2.21 bits per heavy atom. The number of carbonyl (C=O) groups excluding carboxylic acids is 1. The molecule has 0 fully saturated rings. The predicted molar refractivity (Wildman–Crippen MR) is 82.9 cm³/mol. The molecule has 1 heterocycles.